The Labute approximate surface area is 130 Å². The lowest BCUT2D eigenvalue weighted by Gasteiger charge is -2.12. The monoisotopic (exact) mass is 330 g/mol. The summed E-state index contributed by atoms with van der Waals surface area (Å²) >= 11 is 5.74. The summed E-state index contributed by atoms with van der Waals surface area (Å²) in [6.07, 6.45) is 3.94. The molecule has 1 fully saturated rings. The van der Waals surface area contributed by atoms with Crippen LogP contribution in [0.3, 0.4) is 0 Å². The molecular formula is C14H19ClN2O3S. The number of carbonyl (C=O) groups excluding carboxylic acids is 1. The van der Waals surface area contributed by atoms with Crippen molar-refractivity contribution >= 4 is 27.5 Å². The molecule has 2 N–H and O–H groups in total. The van der Waals surface area contributed by atoms with Gasteiger partial charge in [-0.1, -0.05) is 24.4 Å². The molecule has 21 heavy (non-hydrogen) atoms. The average molecular weight is 331 g/mol. The SMILES string of the molecule is O=C(NCCS(=O)(=O)NC1CCCC1)c1ccc(Cl)cc1. The number of benzene rings is 1. The molecule has 0 aliphatic heterocycles. The van der Waals surface area contributed by atoms with E-state index in [0.29, 0.717) is 10.6 Å². The van der Waals surface area contributed by atoms with E-state index in [1.54, 1.807) is 24.3 Å². The third-order valence-electron chi connectivity index (χ3n) is 3.46. The van der Waals surface area contributed by atoms with Crippen molar-refractivity contribution in [2.45, 2.75) is 31.7 Å². The lowest BCUT2D eigenvalue weighted by Crippen LogP contribution is -2.38. The second-order valence-electron chi connectivity index (χ2n) is 5.18. The van der Waals surface area contributed by atoms with Crippen LogP contribution in [0, 0.1) is 0 Å². The van der Waals surface area contributed by atoms with Crippen molar-refractivity contribution in [3.05, 3.63) is 34.9 Å². The summed E-state index contributed by atoms with van der Waals surface area (Å²) in [5, 5.41) is 3.15. The molecule has 1 aliphatic rings. The fourth-order valence-corrected chi connectivity index (χ4v) is 3.72. The first kappa shape index (κ1) is 16.3. The van der Waals surface area contributed by atoms with Crippen LogP contribution in [-0.2, 0) is 10.0 Å². The highest BCUT2D eigenvalue weighted by molar-refractivity contribution is 7.89. The van der Waals surface area contributed by atoms with Crippen LogP contribution < -0.4 is 10.0 Å². The standard InChI is InChI=1S/C14H19ClN2O3S/c15-12-7-5-11(6-8-12)14(18)16-9-10-21(19,20)17-13-3-1-2-4-13/h5-8,13,17H,1-4,9-10H2,(H,16,18). The fraction of sp³-hybridized carbons (Fsp3) is 0.500. The van der Waals surface area contributed by atoms with Gasteiger partial charge < -0.3 is 5.32 Å². The number of halogens is 1. The second kappa shape index (κ2) is 7.24. The highest BCUT2D eigenvalue weighted by Gasteiger charge is 2.21. The Balaban J connectivity index is 1.77. The Bertz CT molecular complexity index is 581. The maximum Gasteiger partial charge on any atom is 0.251 e. The molecular weight excluding hydrogens is 312 g/mol. The van der Waals surface area contributed by atoms with Crippen LogP contribution in [0.15, 0.2) is 24.3 Å². The van der Waals surface area contributed by atoms with Crippen LogP contribution in [0.5, 0.6) is 0 Å². The van der Waals surface area contributed by atoms with E-state index in [9.17, 15) is 13.2 Å². The zero-order valence-corrected chi connectivity index (χ0v) is 13.2. The molecule has 1 aromatic carbocycles. The van der Waals surface area contributed by atoms with Gasteiger partial charge in [0.1, 0.15) is 0 Å². The summed E-state index contributed by atoms with van der Waals surface area (Å²) in [5.41, 5.74) is 0.459. The minimum Gasteiger partial charge on any atom is -0.351 e. The lowest BCUT2D eigenvalue weighted by molar-refractivity contribution is 0.0956. The van der Waals surface area contributed by atoms with Gasteiger partial charge in [0.25, 0.3) is 5.91 Å². The summed E-state index contributed by atoms with van der Waals surface area (Å²) < 4.78 is 26.4. The van der Waals surface area contributed by atoms with Gasteiger partial charge >= 0.3 is 0 Å². The third-order valence-corrected chi connectivity index (χ3v) is 5.15. The van der Waals surface area contributed by atoms with Crippen LogP contribution >= 0.6 is 11.6 Å². The van der Waals surface area contributed by atoms with Crippen LogP contribution in [0.1, 0.15) is 36.0 Å². The van der Waals surface area contributed by atoms with Crippen molar-refractivity contribution in [3.63, 3.8) is 0 Å². The Morgan fingerprint density at radius 3 is 2.43 bits per heavy atom. The molecule has 0 atom stereocenters. The maximum absolute atomic E-state index is 11.9. The van der Waals surface area contributed by atoms with Gasteiger partial charge in [-0.3, -0.25) is 4.79 Å². The number of sulfonamides is 1. The van der Waals surface area contributed by atoms with Crippen molar-refractivity contribution in [2.24, 2.45) is 0 Å². The van der Waals surface area contributed by atoms with Gasteiger partial charge in [0.05, 0.1) is 5.75 Å². The molecule has 1 aliphatic carbocycles. The van der Waals surface area contributed by atoms with Crippen LogP contribution in [-0.4, -0.2) is 32.7 Å². The van der Waals surface area contributed by atoms with Crippen molar-refractivity contribution in [1.82, 2.24) is 10.0 Å². The topological polar surface area (TPSA) is 75.3 Å². The first-order valence-corrected chi connectivity index (χ1v) is 9.03. The average Bonchev–Trinajstić information content (AvgIpc) is 2.91. The lowest BCUT2D eigenvalue weighted by atomic mass is 10.2. The summed E-state index contributed by atoms with van der Waals surface area (Å²) in [5.74, 6) is -0.411. The number of carbonyl (C=O) groups is 1. The Morgan fingerprint density at radius 2 is 1.81 bits per heavy atom. The molecule has 2 rings (SSSR count). The van der Waals surface area contributed by atoms with Crippen molar-refractivity contribution in [2.75, 3.05) is 12.3 Å². The molecule has 1 saturated carbocycles. The summed E-state index contributed by atoms with van der Waals surface area (Å²) in [6.45, 7) is 0.0868. The first-order valence-electron chi connectivity index (χ1n) is 7.00. The minimum atomic E-state index is -3.34. The molecule has 0 aromatic heterocycles. The highest BCUT2D eigenvalue weighted by atomic mass is 35.5. The molecule has 116 valence electrons. The highest BCUT2D eigenvalue weighted by Crippen LogP contribution is 2.18. The van der Waals surface area contributed by atoms with Gasteiger partial charge in [0.15, 0.2) is 0 Å². The van der Waals surface area contributed by atoms with E-state index in [1.807, 2.05) is 0 Å². The molecule has 0 bridgehead atoms. The Kier molecular flexibility index (Phi) is 5.61. The zero-order chi connectivity index (χ0) is 15.3. The van der Waals surface area contributed by atoms with E-state index in [-0.39, 0.29) is 24.2 Å². The van der Waals surface area contributed by atoms with Crippen molar-refractivity contribution in [3.8, 4) is 0 Å². The molecule has 1 aromatic rings. The van der Waals surface area contributed by atoms with E-state index in [2.05, 4.69) is 10.0 Å². The van der Waals surface area contributed by atoms with E-state index < -0.39 is 10.0 Å². The quantitative estimate of drug-likeness (QED) is 0.837. The van der Waals surface area contributed by atoms with Crippen LogP contribution in [0.4, 0.5) is 0 Å². The maximum atomic E-state index is 11.9. The van der Waals surface area contributed by atoms with E-state index in [0.717, 1.165) is 25.7 Å². The molecule has 0 radical (unpaired) electrons. The van der Waals surface area contributed by atoms with Gasteiger partial charge in [-0.25, -0.2) is 13.1 Å². The number of hydrogen-bond acceptors (Lipinski definition) is 3. The number of rotatable bonds is 6. The normalized spacial score (nSPS) is 16.0. The van der Waals surface area contributed by atoms with Crippen LogP contribution in [0.25, 0.3) is 0 Å². The third kappa shape index (κ3) is 5.30. The van der Waals surface area contributed by atoms with Gasteiger partial charge in [0.2, 0.25) is 10.0 Å². The number of hydrogen-bond donors (Lipinski definition) is 2. The molecule has 0 spiro atoms. The smallest absolute Gasteiger partial charge is 0.251 e. The molecule has 5 nitrogen and oxygen atoms in total. The number of nitrogens with one attached hydrogen (secondary N) is 2. The zero-order valence-electron chi connectivity index (χ0n) is 11.6. The molecule has 1 amide bonds. The van der Waals surface area contributed by atoms with Crippen LogP contribution in [0.2, 0.25) is 5.02 Å². The summed E-state index contributed by atoms with van der Waals surface area (Å²) in [7, 11) is -3.34. The Morgan fingerprint density at radius 1 is 1.19 bits per heavy atom. The van der Waals surface area contributed by atoms with Gasteiger partial charge in [-0.05, 0) is 37.1 Å². The summed E-state index contributed by atoms with van der Waals surface area (Å²) in [6, 6.07) is 6.50. The fourth-order valence-electron chi connectivity index (χ4n) is 2.36. The van der Waals surface area contributed by atoms with Crippen molar-refractivity contribution < 1.29 is 13.2 Å². The number of amides is 1. The predicted molar refractivity (Wildman–Crippen MR) is 83.0 cm³/mol. The Hall–Kier alpha value is -1.11. The first-order chi connectivity index (χ1) is 9.96. The molecule has 0 saturated heterocycles. The predicted octanol–water partition coefficient (Wildman–Crippen LogP) is 1.93. The second-order valence-corrected chi connectivity index (χ2v) is 7.49. The minimum absolute atomic E-state index is 0.0574. The van der Waals surface area contributed by atoms with E-state index in [4.69, 9.17) is 11.6 Å². The van der Waals surface area contributed by atoms with Gasteiger partial charge in [-0.15, -0.1) is 0 Å². The van der Waals surface area contributed by atoms with E-state index >= 15 is 0 Å². The summed E-state index contributed by atoms with van der Waals surface area (Å²) in [4.78, 5) is 11.8. The van der Waals surface area contributed by atoms with Gasteiger partial charge in [-0.2, -0.15) is 0 Å². The largest absolute Gasteiger partial charge is 0.351 e. The molecule has 7 heteroatoms. The molecule has 0 heterocycles. The van der Waals surface area contributed by atoms with Gasteiger partial charge in [0, 0.05) is 23.2 Å². The molecule has 0 unspecified atom stereocenters. The van der Waals surface area contributed by atoms with Crippen molar-refractivity contribution in [1.29, 1.82) is 0 Å². The van der Waals surface area contributed by atoms with E-state index in [1.165, 1.54) is 0 Å².